The fourth-order valence-corrected chi connectivity index (χ4v) is 4.39. The van der Waals surface area contributed by atoms with Crippen LogP contribution in [0, 0.1) is 6.92 Å². The summed E-state index contributed by atoms with van der Waals surface area (Å²) in [6.07, 6.45) is 1.06. The number of carbonyl (C=O) groups is 2. The minimum atomic E-state index is -3.29. The molecule has 0 aromatic carbocycles. The molecule has 1 amide bonds. The molecule has 0 aliphatic carbocycles. The first-order valence-corrected chi connectivity index (χ1v) is 8.58. The molecule has 1 aromatic rings. The second-order valence-electron chi connectivity index (χ2n) is 4.61. The predicted octanol–water partition coefficient (Wildman–Crippen LogP) is 0.165. The molecule has 2 heterocycles. The van der Waals surface area contributed by atoms with Crippen molar-refractivity contribution in [1.29, 1.82) is 0 Å². The van der Waals surface area contributed by atoms with Crippen LogP contribution in [0.2, 0.25) is 0 Å². The summed E-state index contributed by atoms with van der Waals surface area (Å²) >= 11 is 1.21. The van der Waals surface area contributed by atoms with E-state index in [1.54, 1.807) is 6.92 Å². The highest BCUT2D eigenvalue weighted by Crippen LogP contribution is 2.21. The van der Waals surface area contributed by atoms with Gasteiger partial charge in [0, 0.05) is 6.54 Å². The van der Waals surface area contributed by atoms with E-state index in [4.69, 9.17) is 5.11 Å². The van der Waals surface area contributed by atoms with Crippen LogP contribution in [0.1, 0.15) is 21.1 Å². The van der Waals surface area contributed by atoms with Gasteiger partial charge in [-0.3, -0.25) is 9.59 Å². The number of amides is 1. The number of rotatable bonds is 3. The van der Waals surface area contributed by atoms with Crippen molar-refractivity contribution in [2.24, 2.45) is 0 Å². The zero-order chi connectivity index (χ0) is 14.9. The molecule has 110 valence electrons. The van der Waals surface area contributed by atoms with Crippen LogP contribution in [-0.2, 0) is 14.6 Å². The highest BCUT2D eigenvalue weighted by Gasteiger charge is 2.36. The van der Waals surface area contributed by atoms with E-state index in [0.29, 0.717) is 4.88 Å². The Bertz CT molecular complexity index is 637. The van der Waals surface area contributed by atoms with Gasteiger partial charge in [0.15, 0.2) is 9.84 Å². The van der Waals surface area contributed by atoms with Crippen LogP contribution in [0.25, 0.3) is 0 Å². The Hall–Kier alpha value is -1.48. The first kappa shape index (κ1) is 14.9. The van der Waals surface area contributed by atoms with Crippen molar-refractivity contribution in [3.8, 4) is 0 Å². The summed E-state index contributed by atoms with van der Waals surface area (Å²) in [5.74, 6) is -1.91. The van der Waals surface area contributed by atoms with Gasteiger partial charge in [0.05, 0.1) is 35.2 Å². The molecule has 1 aliphatic rings. The van der Waals surface area contributed by atoms with Crippen LogP contribution in [0.3, 0.4) is 0 Å². The van der Waals surface area contributed by atoms with Crippen molar-refractivity contribution in [2.75, 3.05) is 18.1 Å². The fourth-order valence-electron chi connectivity index (χ4n) is 2.13. The molecule has 0 spiro atoms. The Morgan fingerprint density at radius 2 is 2.25 bits per heavy atom. The zero-order valence-corrected chi connectivity index (χ0v) is 12.4. The smallest absolute Gasteiger partial charge is 0.305 e. The van der Waals surface area contributed by atoms with Crippen LogP contribution in [0.5, 0.6) is 0 Å². The van der Waals surface area contributed by atoms with Crippen molar-refractivity contribution in [1.82, 2.24) is 9.88 Å². The third-order valence-electron chi connectivity index (χ3n) is 3.03. The van der Waals surface area contributed by atoms with E-state index < -0.39 is 21.8 Å². The maximum atomic E-state index is 12.3. The lowest BCUT2D eigenvalue weighted by Gasteiger charge is -2.34. The van der Waals surface area contributed by atoms with E-state index in [1.165, 1.54) is 22.4 Å². The van der Waals surface area contributed by atoms with E-state index in [9.17, 15) is 18.0 Å². The molecule has 0 radical (unpaired) electrons. The fraction of sp³-hybridized carbons (Fsp3) is 0.545. The van der Waals surface area contributed by atoms with Gasteiger partial charge in [-0.15, -0.1) is 11.3 Å². The number of aryl methyl sites for hydroxylation is 1. The van der Waals surface area contributed by atoms with E-state index in [-0.39, 0.29) is 30.4 Å². The molecule has 1 fully saturated rings. The van der Waals surface area contributed by atoms with Gasteiger partial charge in [-0.1, -0.05) is 0 Å². The van der Waals surface area contributed by atoms with E-state index in [2.05, 4.69) is 4.98 Å². The van der Waals surface area contributed by atoms with E-state index >= 15 is 0 Å². The summed E-state index contributed by atoms with van der Waals surface area (Å²) in [6, 6.07) is -0.818. The molecule has 9 heteroatoms. The summed E-state index contributed by atoms with van der Waals surface area (Å²) < 4.78 is 23.2. The normalized spacial score (nSPS) is 21.6. The number of hydrogen-bond donors (Lipinski definition) is 1. The molecule has 1 saturated heterocycles. The molecule has 1 aromatic heterocycles. The third kappa shape index (κ3) is 3.34. The van der Waals surface area contributed by atoms with Gasteiger partial charge >= 0.3 is 5.97 Å². The Labute approximate surface area is 120 Å². The minimum Gasteiger partial charge on any atom is -0.481 e. The predicted molar refractivity (Wildman–Crippen MR) is 72.6 cm³/mol. The largest absolute Gasteiger partial charge is 0.481 e. The summed E-state index contributed by atoms with van der Waals surface area (Å²) in [4.78, 5) is 28.9. The molecule has 7 nitrogen and oxygen atoms in total. The third-order valence-corrected chi connectivity index (χ3v) is 5.63. The summed E-state index contributed by atoms with van der Waals surface area (Å²) in [5.41, 5.74) is 0. The van der Waals surface area contributed by atoms with Crippen LogP contribution in [0.4, 0.5) is 0 Å². The number of thiazole rings is 1. The van der Waals surface area contributed by atoms with Gasteiger partial charge in [0.2, 0.25) is 0 Å². The van der Waals surface area contributed by atoms with Gasteiger partial charge in [-0.25, -0.2) is 13.4 Å². The standard InChI is InChI=1S/C11H14N2O5S2/c1-7-12-5-9(19-7)11(16)13-2-3-20(17,18)6-8(13)4-10(14)15/h5,8H,2-4,6H2,1H3,(H,14,15). The Morgan fingerprint density at radius 3 is 2.80 bits per heavy atom. The Balaban J connectivity index is 2.23. The average molecular weight is 318 g/mol. The van der Waals surface area contributed by atoms with Crippen molar-refractivity contribution in [2.45, 2.75) is 19.4 Å². The number of aliphatic carboxylic acids is 1. The van der Waals surface area contributed by atoms with Crippen molar-refractivity contribution in [3.63, 3.8) is 0 Å². The Kier molecular flexibility index (Phi) is 4.09. The van der Waals surface area contributed by atoms with E-state index in [1.807, 2.05) is 0 Å². The summed E-state index contributed by atoms with van der Waals surface area (Å²) in [7, 11) is -3.29. The summed E-state index contributed by atoms with van der Waals surface area (Å²) in [5, 5.41) is 9.60. The quantitative estimate of drug-likeness (QED) is 0.851. The number of carboxylic acid groups (broad SMARTS) is 1. The summed E-state index contributed by atoms with van der Waals surface area (Å²) in [6.45, 7) is 1.78. The second-order valence-corrected chi connectivity index (χ2v) is 8.07. The average Bonchev–Trinajstić information content (AvgIpc) is 2.73. The number of carboxylic acids is 1. The number of sulfone groups is 1. The van der Waals surface area contributed by atoms with Crippen LogP contribution in [0.15, 0.2) is 6.20 Å². The zero-order valence-electron chi connectivity index (χ0n) is 10.8. The second kappa shape index (κ2) is 5.49. The number of aromatic nitrogens is 1. The van der Waals surface area contributed by atoms with Crippen LogP contribution >= 0.6 is 11.3 Å². The van der Waals surface area contributed by atoms with Gasteiger partial charge < -0.3 is 10.0 Å². The van der Waals surface area contributed by atoms with Crippen LogP contribution < -0.4 is 0 Å². The molecule has 1 aliphatic heterocycles. The lowest BCUT2D eigenvalue weighted by atomic mass is 10.2. The first-order valence-electron chi connectivity index (χ1n) is 5.94. The lowest BCUT2D eigenvalue weighted by molar-refractivity contribution is -0.138. The number of hydrogen-bond acceptors (Lipinski definition) is 6. The number of carbonyl (C=O) groups excluding carboxylic acids is 1. The van der Waals surface area contributed by atoms with Crippen molar-refractivity contribution in [3.05, 3.63) is 16.1 Å². The topological polar surface area (TPSA) is 105 Å². The highest BCUT2D eigenvalue weighted by atomic mass is 32.2. The van der Waals surface area contributed by atoms with Crippen molar-refractivity contribution < 1.29 is 23.1 Å². The maximum absolute atomic E-state index is 12.3. The molecule has 20 heavy (non-hydrogen) atoms. The van der Waals surface area contributed by atoms with Gasteiger partial charge in [-0.2, -0.15) is 0 Å². The molecule has 1 N–H and O–H groups in total. The minimum absolute atomic E-state index is 0.0239. The van der Waals surface area contributed by atoms with Gasteiger partial charge in [0.25, 0.3) is 5.91 Å². The maximum Gasteiger partial charge on any atom is 0.305 e. The molecular formula is C11H14N2O5S2. The van der Waals surface area contributed by atoms with Gasteiger partial charge in [-0.05, 0) is 6.92 Å². The molecular weight excluding hydrogens is 304 g/mol. The van der Waals surface area contributed by atoms with Crippen molar-refractivity contribution >= 4 is 33.1 Å². The first-order chi connectivity index (χ1) is 9.28. The Morgan fingerprint density at radius 1 is 1.55 bits per heavy atom. The van der Waals surface area contributed by atoms with Gasteiger partial charge in [0.1, 0.15) is 4.88 Å². The molecule has 0 saturated carbocycles. The molecule has 1 atom stereocenters. The molecule has 2 rings (SSSR count). The SMILES string of the molecule is Cc1ncc(C(=O)N2CCS(=O)(=O)CC2CC(=O)O)s1. The van der Waals surface area contributed by atoms with Crippen LogP contribution in [-0.4, -0.2) is 59.4 Å². The van der Waals surface area contributed by atoms with E-state index in [0.717, 1.165) is 5.01 Å². The monoisotopic (exact) mass is 318 g/mol. The number of nitrogens with zero attached hydrogens (tertiary/aromatic N) is 2. The highest BCUT2D eigenvalue weighted by molar-refractivity contribution is 7.91. The molecule has 0 bridgehead atoms. The lowest BCUT2D eigenvalue weighted by Crippen LogP contribution is -2.51. The molecule has 1 unspecified atom stereocenters.